The van der Waals surface area contributed by atoms with Gasteiger partial charge in [-0.05, 0) is 45.3 Å². The summed E-state index contributed by atoms with van der Waals surface area (Å²) in [5, 5.41) is 0.630. The second-order valence-electron chi connectivity index (χ2n) is 5.71. The van der Waals surface area contributed by atoms with Crippen LogP contribution in [0.25, 0.3) is 0 Å². The molecule has 1 aromatic carbocycles. The zero-order valence-electron chi connectivity index (χ0n) is 11.5. The molecule has 0 atom stereocenters. The molecule has 0 aliphatic rings. The van der Waals surface area contributed by atoms with Gasteiger partial charge in [0.25, 0.3) is 0 Å². The number of aryl methyl sites for hydroxylation is 2. The summed E-state index contributed by atoms with van der Waals surface area (Å²) >= 11 is 5.01. The first-order valence-electron chi connectivity index (χ1n) is 6.36. The number of thiazole rings is 1. The molecule has 2 nitrogen and oxygen atoms in total. The SMILES string of the molecule is CC(C)(C)c1ccc(CCc2sc(N)nc2Br)cc1. The fourth-order valence-electron chi connectivity index (χ4n) is 1.93. The predicted molar refractivity (Wildman–Crippen MR) is 86.8 cm³/mol. The highest BCUT2D eigenvalue weighted by Crippen LogP contribution is 2.27. The number of nitrogens with zero attached hydrogens (tertiary/aromatic N) is 1. The monoisotopic (exact) mass is 338 g/mol. The highest BCUT2D eigenvalue weighted by molar-refractivity contribution is 9.10. The maximum absolute atomic E-state index is 5.69. The summed E-state index contributed by atoms with van der Waals surface area (Å²) in [6.07, 6.45) is 2.00. The Kier molecular flexibility index (Phi) is 4.31. The molecule has 2 rings (SSSR count). The topological polar surface area (TPSA) is 38.9 Å². The fraction of sp³-hybridized carbons (Fsp3) is 0.400. The lowest BCUT2D eigenvalue weighted by Gasteiger charge is -2.19. The van der Waals surface area contributed by atoms with Crippen LogP contribution in [0, 0.1) is 0 Å². The quantitative estimate of drug-likeness (QED) is 0.890. The molecule has 0 aliphatic heterocycles. The molecule has 4 heteroatoms. The Morgan fingerprint density at radius 3 is 2.26 bits per heavy atom. The number of aromatic nitrogens is 1. The van der Waals surface area contributed by atoms with Gasteiger partial charge in [-0.1, -0.05) is 45.0 Å². The van der Waals surface area contributed by atoms with Crippen molar-refractivity contribution >= 4 is 32.4 Å². The van der Waals surface area contributed by atoms with Crippen LogP contribution in [0.15, 0.2) is 28.9 Å². The number of nitrogens with two attached hydrogens (primary N) is 1. The van der Waals surface area contributed by atoms with Crippen LogP contribution in [-0.2, 0) is 18.3 Å². The van der Waals surface area contributed by atoms with E-state index < -0.39 is 0 Å². The van der Waals surface area contributed by atoms with Crippen LogP contribution in [0.1, 0.15) is 36.8 Å². The maximum Gasteiger partial charge on any atom is 0.181 e. The minimum atomic E-state index is 0.216. The second-order valence-corrected chi connectivity index (χ2v) is 7.58. The normalized spacial score (nSPS) is 11.8. The molecule has 0 aliphatic carbocycles. The summed E-state index contributed by atoms with van der Waals surface area (Å²) < 4.78 is 0.890. The Morgan fingerprint density at radius 2 is 1.79 bits per heavy atom. The maximum atomic E-state index is 5.69. The summed E-state index contributed by atoms with van der Waals surface area (Å²) in [7, 11) is 0. The third-order valence-electron chi connectivity index (χ3n) is 3.13. The largest absolute Gasteiger partial charge is 0.375 e. The third-order valence-corrected chi connectivity index (χ3v) is 4.99. The van der Waals surface area contributed by atoms with Crippen LogP contribution in [0.2, 0.25) is 0 Å². The fourth-order valence-corrected chi connectivity index (χ4v) is 3.41. The van der Waals surface area contributed by atoms with E-state index in [-0.39, 0.29) is 5.41 Å². The molecular weight excluding hydrogens is 320 g/mol. The van der Waals surface area contributed by atoms with Crippen molar-refractivity contribution in [1.82, 2.24) is 4.98 Å². The predicted octanol–water partition coefficient (Wildman–Crippen LogP) is 4.57. The Labute approximate surface area is 127 Å². The van der Waals surface area contributed by atoms with E-state index in [4.69, 9.17) is 5.73 Å². The molecule has 0 unspecified atom stereocenters. The van der Waals surface area contributed by atoms with Gasteiger partial charge in [0, 0.05) is 4.88 Å². The molecule has 1 aromatic heterocycles. The molecule has 1 heterocycles. The average molecular weight is 339 g/mol. The summed E-state index contributed by atoms with van der Waals surface area (Å²) in [6, 6.07) is 8.90. The molecule has 0 radical (unpaired) electrons. The Balaban J connectivity index is 2.02. The molecule has 0 saturated carbocycles. The van der Waals surface area contributed by atoms with Crippen molar-refractivity contribution < 1.29 is 0 Å². The highest BCUT2D eigenvalue weighted by Gasteiger charge is 2.13. The first-order chi connectivity index (χ1) is 8.86. The minimum Gasteiger partial charge on any atom is -0.375 e. The molecule has 0 spiro atoms. The van der Waals surface area contributed by atoms with Gasteiger partial charge < -0.3 is 5.73 Å². The van der Waals surface area contributed by atoms with Crippen molar-refractivity contribution in [1.29, 1.82) is 0 Å². The number of halogens is 1. The van der Waals surface area contributed by atoms with Crippen molar-refractivity contribution in [3.63, 3.8) is 0 Å². The summed E-state index contributed by atoms with van der Waals surface area (Å²) in [6.45, 7) is 6.71. The van der Waals surface area contributed by atoms with Gasteiger partial charge in [0.05, 0.1) is 0 Å². The number of hydrogen-bond acceptors (Lipinski definition) is 3. The lowest BCUT2D eigenvalue weighted by atomic mass is 9.86. The van der Waals surface area contributed by atoms with Crippen molar-refractivity contribution in [3.8, 4) is 0 Å². The number of anilines is 1. The first-order valence-corrected chi connectivity index (χ1v) is 7.97. The standard InChI is InChI=1S/C15H19BrN2S/c1-15(2,3)11-7-4-10(5-8-11)6-9-12-13(16)18-14(17)19-12/h4-5,7-8H,6,9H2,1-3H3,(H2,17,18). The van der Waals surface area contributed by atoms with Crippen molar-refractivity contribution in [2.45, 2.75) is 39.0 Å². The van der Waals surface area contributed by atoms with Gasteiger partial charge >= 0.3 is 0 Å². The van der Waals surface area contributed by atoms with E-state index in [1.165, 1.54) is 16.0 Å². The van der Waals surface area contributed by atoms with Crippen LogP contribution >= 0.6 is 27.3 Å². The molecular formula is C15H19BrN2S. The second kappa shape index (κ2) is 5.63. The molecule has 2 N–H and O–H groups in total. The smallest absolute Gasteiger partial charge is 0.181 e. The molecule has 0 bridgehead atoms. The molecule has 102 valence electrons. The van der Waals surface area contributed by atoms with Gasteiger partial charge in [0.2, 0.25) is 0 Å². The zero-order valence-corrected chi connectivity index (χ0v) is 13.9. The number of benzene rings is 1. The van der Waals surface area contributed by atoms with Gasteiger partial charge in [0.1, 0.15) is 4.60 Å². The Bertz CT molecular complexity index is 553. The summed E-state index contributed by atoms with van der Waals surface area (Å²) in [5.74, 6) is 0. The van der Waals surface area contributed by atoms with Gasteiger partial charge in [-0.2, -0.15) is 0 Å². The van der Waals surface area contributed by atoms with Gasteiger partial charge in [-0.3, -0.25) is 0 Å². The molecule has 0 saturated heterocycles. The average Bonchev–Trinajstić information content (AvgIpc) is 2.65. The minimum absolute atomic E-state index is 0.216. The molecule has 19 heavy (non-hydrogen) atoms. The van der Waals surface area contributed by atoms with Gasteiger partial charge in [0.15, 0.2) is 5.13 Å². The van der Waals surface area contributed by atoms with E-state index in [2.05, 4.69) is 66.0 Å². The van der Waals surface area contributed by atoms with Gasteiger partial charge in [-0.15, -0.1) is 11.3 Å². The van der Waals surface area contributed by atoms with Crippen LogP contribution < -0.4 is 5.73 Å². The number of nitrogen functional groups attached to an aromatic ring is 1. The lowest BCUT2D eigenvalue weighted by Crippen LogP contribution is -2.10. The lowest BCUT2D eigenvalue weighted by molar-refractivity contribution is 0.590. The Morgan fingerprint density at radius 1 is 1.16 bits per heavy atom. The van der Waals surface area contributed by atoms with Crippen LogP contribution in [0.5, 0.6) is 0 Å². The third kappa shape index (κ3) is 3.80. The highest BCUT2D eigenvalue weighted by atomic mass is 79.9. The van der Waals surface area contributed by atoms with Crippen LogP contribution in [-0.4, -0.2) is 4.98 Å². The zero-order chi connectivity index (χ0) is 14.0. The van der Waals surface area contributed by atoms with E-state index in [0.29, 0.717) is 5.13 Å². The van der Waals surface area contributed by atoms with Crippen LogP contribution in [0.3, 0.4) is 0 Å². The molecule has 2 aromatic rings. The van der Waals surface area contributed by atoms with Crippen molar-refractivity contribution in [3.05, 3.63) is 44.9 Å². The molecule has 0 amide bonds. The van der Waals surface area contributed by atoms with Crippen molar-refractivity contribution in [2.24, 2.45) is 0 Å². The summed E-state index contributed by atoms with van der Waals surface area (Å²) in [4.78, 5) is 5.40. The Hall–Kier alpha value is -0.870. The van der Waals surface area contributed by atoms with E-state index in [1.807, 2.05) is 0 Å². The van der Waals surface area contributed by atoms with Gasteiger partial charge in [-0.25, -0.2) is 4.98 Å². The van der Waals surface area contributed by atoms with E-state index in [0.717, 1.165) is 17.4 Å². The summed E-state index contributed by atoms with van der Waals surface area (Å²) in [5.41, 5.74) is 8.64. The van der Waals surface area contributed by atoms with E-state index in [1.54, 1.807) is 11.3 Å². The number of hydrogen-bond donors (Lipinski definition) is 1. The number of rotatable bonds is 3. The van der Waals surface area contributed by atoms with E-state index >= 15 is 0 Å². The van der Waals surface area contributed by atoms with Crippen molar-refractivity contribution in [2.75, 3.05) is 5.73 Å². The van der Waals surface area contributed by atoms with Crippen LogP contribution in [0.4, 0.5) is 5.13 Å². The molecule has 0 fully saturated rings. The van der Waals surface area contributed by atoms with E-state index in [9.17, 15) is 0 Å². The first kappa shape index (κ1) is 14.5.